The summed E-state index contributed by atoms with van der Waals surface area (Å²) < 4.78 is 0. The number of rotatable bonds is 4. The molecule has 2 heterocycles. The highest BCUT2D eigenvalue weighted by Crippen LogP contribution is 2.45. The lowest BCUT2D eigenvalue weighted by molar-refractivity contribution is 0.0128. The average molecular weight is 304 g/mol. The number of hydrogen-bond donors (Lipinski definition) is 2. The Bertz CT molecular complexity index is 640. The van der Waals surface area contributed by atoms with Crippen molar-refractivity contribution in [3.63, 3.8) is 0 Å². The molecule has 1 aromatic rings. The summed E-state index contributed by atoms with van der Waals surface area (Å²) in [5, 5.41) is 0.359. The fraction of sp³-hybridized carbons (Fsp3) is 0.375. The summed E-state index contributed by atoms with van der Waals surface area (Å²) in [7, 11) is 0. The van der Waals surface area contributed by atoms with E-state index in [1.54, 1.807) is 0 Å². The topological polar surface area (TPSA) is 53.5 Å². The van der Waals surface area contributed by atoms with E-state index in [1.165, 1.54) is 0 Å². The second kappa shape index (κ2) is 5.05. The Hall–Kier alpha value is -1.49. The first-order valence-electron chi connectivity index (χ1n) is 7.14. The standard InChI is InChI=1S/C16H18ClN3O/c1-3-9-15-11(2)10-13(17)18-16(15,20-19-15)14(21)12-7-5-4-6-8-12/h4-8,10,19-20H,3,9H2,1-2H3. The molecule has 1 aromatic carbocycles. The Morgan fingerprint density at radius 2 is 2.00 bits per heavy atom. The zero-order chi connectivity index (χ0) is 15.1. The molecule has 21 heavy (non-hydrogen) atoms. The van der Waals surface area contributed by atoms with E-state index in [0.717, 1.165) is 18.4 Å². The first kappa shape index (κ1) is 14.4. The number of hydrogen-bond acceptors (Lipinski definition) is 4. The minimum absolute atomic E-state index is 0.0547. The third kappa shape index (κ3) is 1.90. The summed E-state index contributed by atoms with van der Waals surface area (Å²) in [6.07, 6.45) is 3.59. The number of carbonyl (C=O) groups is 1. The van der Waals surface area contributed by atoms with Gasteiger partial charge in [-0.1, -0.05) is 55.3 Å². The number of halogens is 1. The van der Waals surface area contributed by atoms with Crippen molar-refractivity contribution >= 4 is 22.6 Å². The van der Waals surface area contributed by atoms with E-state index in [9.17, 15) is 4.79 Å². The van der Waals surface area contributed by atoms with Gasteiger partial charge in [0.15, 0.2) is 0 Å². The summed E-state index contributed by atoms with van der Waals surface area (Å²) >= 11 is 6.14. The van der Waals surface area contributed by atoms with E-state index in [4.69, 9.17) is 11.6 Å². The number of hydrazine groups is 1. The largest absolute Gasteiger partial charge is 0.290 e. The molecule has 0 amide bonds. The van der Waals surface area contributed by atoms with Crippen molar-refractivity contribution in [2.45, 2.75) is 37.9 Å². The summed E-state index contributed by atoms with van der Waals surface area (Å²) in [5.41, 5.74) is 6.39. The maximum Gasteiger partial charge on any atom is 0.211 e. The number of benzene rings is 1. The highest BCUT2D eigenvalue weighted by Gasteiger charge is 2.65. The predicted molar refractivity (Wildman–Crippen MR) is 84.5 cm³/mol. The van der Waals surface area contributed by atoms with Crippen LogP contribution in [0.2, 0.25) is 0 Å². The van der Waals surface area contributed by atoms with Gasteiger partial charge >= 0.3 is 0 Å². The second-order valence-electron chi connectivity index (χ2n) is 5.57. The molecule has 2 aliphatic rings. The third-order valence-electron chi connectivity index (χ3n) is 4.35. The zero-order valence-electron chi connectivity index (χ0n) is 12.1. The molecule has 0 aromatic heterocycles. The molecule has 4 nitrogen and oxygen atoms in total. The minimum Gasteiger partial charge on any atom is -0.290 e. The molecule has 3 rings (SSSR count). The lowest BCUT2D eigenvalue weighted by Crippen LogP contribution is -2.88. The maximum absolute atomic E-state index is 13.1. The summed E-state index contributed by atoms with van der Waals surface area (Å²) in [6, 6.07) is 9.22. The molecule has 2 aliphatic heterocycles. The van der Waals surface area contributed by atoms with E-state index in [2.05, 4.69) is 22.8 Å². The van der Waals surface area contributed by atoms with Crippen molar-refractivity contribution < 1.29 is 4.79 Å². The van der Waals surface area contributed by atoms with Crippen LogP contribution < -0.4 is 10.9 Å². The molecule has 2 atom stereocenters. The van der Waals surface area contributed by atoms with Gasteiger partial charge in [0.1, 0.15) is 10.7 Å². The molecular weight excluding hydrogens is 286 g/mol. The minimum atomic E-state index is -1.04. The van der Waals surface area contributed by atoms with Crippen molar-refractivity contribution in [2.75, 3.05) is 0 Å². The molecule has 5 heteroatoms. The number of ketones is 1. The number of dihydropyridines is 1. The molecule has 0 saturated carbocycles. The van der Waals surface area contributed by atoms with Crippen molar-refractivity contribution in [3.8, 4) is 0 Å². The van der Waals surface area contributed by atoms with Crippen LogP contribution >= 0.6 is 11.6 Å². The Labute approximate surface area is 129 Å². The molecule has 0 radical (unpaired) electrons. The lowest BCUT2D eigenvalue weighted by Gasteiger charge is -2.59. The SMILES string of the molecule is CCCC12NNC1(C(=O)c1ccccc1)N=C(Cl)C=C2C. The molecule has 0 bridgehead atoms. The Balaban J connectivity index is 2.10. The first-order valence-corrected chi connectivity index (χ1v) is 7.52. The molecule has 110 valence electrons. The van der Waals surface area contributed by atoms with Gasteiger partial charge in [0.2, 0.25) is 11.4 Å². The number of carbonyl (C=O) groups excluding carboxylic acids is 1. The van der Waals surface area contributed by atoms with Crippen molar-refractivity contribution in [1.29, 1.82) is 0 Å². The van der Waals surface area contributed by atoms with Crippen LogP contribution in [0.1, 0.15) is 37.0 Å². The van der Waals surface area contributed by atoms with Gasteiger partial charge in [-0.25, -0.2) is 15.8 Å². The van der Waals surface area contributed by atoms with Gasteiger partial charge < -0.3 is 0 Å². The summed E-state index contributed by atoms with van der Waals surface area (Å²) in [6.45, 7) is 4.09. The van der Waals surface area contributed by atoms with Gasteiger partial charge in [-0.3, -0.25) is 4.79 Å². The summed E-state index contributed by atoms with van der Waals surface area (Å²) in [5.74, 6) is -0.0547. The van der Waals surface area contributed by atoms with Crippen LogP contribution in [0, 0.1) is 0 Å². The molecular formula is C16H18ClN3O. The lowest BCUT2D eigenvalue weighted by atomic mass is 9.68. The highest BCUT2D eigenvalue weighted by molar-refractivity contribution is 6.68. The van der Waals surface area contributed by atoms with Gasteiger partial charge in [0.25, 0.3) is 0 Å². The number of Topliss-reactive ketones (excluding diaryl/α,β-unsaturated/α-hetero) is 1. The molecule has 0 aliphatic carbocycles. The van der Waals surface area contributed by atoms with Crippen LogP contribution in [-0.4, -0.2) is 22.2 Å². The maximum atomic E-state index is 13.1. The molecule has 0 spiro atoms. The average Bonchev–Trinajstić information content (AvgIpc) is 2.47. The number of allylic oxidation sites excluding steroid dienone is 1. The van der Waals surface area contributed by atoms with Gasteiger partial charge in [-0.2, -0.15) is 0 Å². The van der Waals surface area contributed by atoms with Crippen LogP contribution in [-0.2, 0) is 0 Å². The molecule has 1 saturated heterocycles. The number of nitrogens with zero attached hydrogens (tertiary/aromatic N) is 1. The monoisotopic (exact) mass is 303 g/mol. The van der Waals surface area contributed by atoms with E-state index < -0.39 is 11.2 Å². The summed E-state index contributed by atoms with van der Waals surface area (Å²) in [4.78, 5) is 17.5. The van der Waals surface area contributed by atoms with Crippen LogP contribution in [0.5, 0.6) is 0 Å². The smallest absolute Gasteiger partial charge is 0.211 e. The highest BCUT2D eigenvalue weighted by atomic mass is 35.5. The van der Waals surface area contributed by atoms with Gasteiger partial charge in [-0.15, -0.1) is 0 Å². The second-order valence-corrected chi connectivity index (χ2v) is 5.96. The van der Waals surface area contributed by atoms with Crippen molar-refractivity contribution in [3.05, 3.63) is 47.5 Å². The van der Waals surface area contributed by atoms with Gasteiger partial charge in [0, 0.05) is 5.56 Å². The normalized spacial score (nSPS) is 30.8. The first-order chi connectivity index (χ1) is 10.1. The van der Waals surface area contributed by atoms with Crippen LogP contribution in [0.3, 0.4) is 0 Å². The zero-order valence-corrected chi connectivity index (χ0v) is 12.9. The van der Waals surface area contributed by atoms with E-state index in [1.807, 2.05) is 43.3 Å². The number of aliphatic imine (C=N–C) groups is 1. The quantitative estimate of drug-likeness (QED) is 0.841. The van der Waals surface area contributed by atoms with Crippen molar-refractivity contribution in [2.24, 2.45) is 4.99 Å². The Morgan fingerprint density at radius 1 is 1.29 bits per heavy atom. The number of fused-ring (bicyclic) bond motifs is 1. The van der Waals surface area contributed by atoms with E-state index >= 15 is 0 Å². The predicted octanol–water partition coefficient (Wildman–Crippen LogP) is 2.81. The fourth-order valence-electron chi connectivity index (χ4n) is 3.25. The van der Waals surface area contributed by atoms with Crippen molar-refractivity contribution in [1.82, 2.24) is 10.9 Å². The van der Waals surface area contributed by atoms with Crippen LogP contribution in [0.15, 0.2) is 47.0 Å². The molecule has 2 unspecified atom stereocenters. The van der Waals surface area contributed by atoms with Gasteiger partial charge in [0.05, 0.1) is 0 Å². The Morgan fingerprint density at radius 3 is 2.57 bits per heavy atom. The number of nitrogens with one attached hydrogen (secondary N) is 2. The molecule has 2 N–H and O–H groups in total. The van der Waals surface area contributed by atoms with Crippen LogP contribution in [0.4, 0.5) is 0 Å². The third-order valence-corrected chi connectivity index (χ3v) is 4.54. The van der Waals surface area contributed by atoms with E-state index in [0.29, 0.717) is 10.7 Å². The molecule has 1 fully saturated rings. The van der Waals surface area contributed by atoms with Gasteiger partial charge in [-0.05, 0) is 25.0 Å². The Kier molecular flexibility index (Phi) is 3.48. The fourth-order valence-corrected chi connectivity index (χ4v) is 3.54. The van der Waals surface area contributed by atoms with E-state index in [-0.39, 0.29) is 5.78 Å². The van der Waals surface area contributed by atoms with Crippen LogP contribution in [0.25, 0.3) is 0 Å².